The minimum atomic E-state index is 0.181. The molecule has 1 N–H and O–H groups in total. The predicted octanol–water partition coefficient (Wildman–Crippen LogP) is 4.65. The minimum absolute atomic E-state index is 0.181. The third-order valence-corrected chi connectivity index (χ3v) is 3.61. The Labute approximate surface area is 118 Å². The van der Waals surface area contributed by atoms with E-state index in [1.165, 1.54) is 24.0 Å². The van der Waals surface area contributed by atoms with Crippen LogP contribution in [0.4, 0.5) is 0 Å². The van der Waals surface area contributed by atoms with Crippen LogP contribution in [-0.4, -0.2) is 5.54 Å². The van der Waals surface area contributed by atoms with Crippen molar-refractivity contribution in [2.24, 2.45) is 5.41 Å². The van der Waals surface area contributed by atoms with Gasteiger partial charge in [-0.1, -0.05) is 45.0 Å². The van der Waals surface area contributed by atoms with Crippen LogP contribution in [0.1, 0.15) is 65.5 Å². The summed E-state index contributed by atoms with van der Waals surface area (Å²) in [5, 5.41) is 3.79. The highest BCUT2D eigenvalue weighted by Gasteiger charge is 2.46. The molecular weight excluding hydrogens is 230 g/mol. The Balaban J connectivity index is 2.11. The Hall–Kier alpha value is -0.820. The molecular formula is C18H29N. The van der Waals surface area contributed by atoms with E-state index in [1.807, 2.05) is 0 Å². The molecule has 1 aromatic rings. The van der Waals surface area contributed by atoms with Gasteiger partial charge in [0.2, 0.25) is 0 Å². The molecule has 19 heavy (non-hydrogen) atoms. The highest BCUT2D eigenvalue weighted by molar-refractivity contribution is 5.33. The average Bonchev–Trinajstić information content (AvgIpc) is 2.94. The summed E-state index contributed by atoms with van der Waals surface area (Å²) in [5.74, 6) is 0. The van der Waals surface area contributed by atoms with E-state index in [-0.39, 0.29) is 11.1 Å². The lowest BCUT2D eigenvalue weighted by atomic mass is 9.87. The van der Waals surface area contributed by atoms with E-state index in [2.05, 4.69) is 71.1 Å². The quantitative estimate of drug-likeness (QED) is 0.833. The van der Waals surface area contributed by atoms with Crippen molar-refractivity contribution in [3.63, 3.8) is 0 Å². The zero-order chi connectivity index (χ0) is 14.3. The van der Waals surface area contributed by atoms with Gasteiger partial charge in [0.05, 0.1) is 0 Å². The van der Waals surface area contributed by atoms with Gasteiger partial charge < -0.3 is 5.32 Å². The van der Waals surface area contributed by atoms with E-state index in [0.29, 0.717) is 5.41 Å². The SMILES string of the molecule is CC(C)(C)Cc1ccc(C2(NC(C)(C)C)CC2)cc1. The Bertz CT molecular complexity index is 424. The molecule has 1 heteroatoms. The molecule has 0 saturated heterocycles. The summed E-state index contributed by atoms with van der Waals surface area (Å²) < 4.78 is 0. The Morgan fingerprint density at radius 2 is 1.47 bits per heavy atom. The maximum atomic E-state index is 3.79. The van der Waals surface area contributed by atoms with Gasteiger partial charge in [0.1, 0.15) is 0 Å². The summed E-state index contributed by atoms with van der Waals surface area (Å²) in [7, 11) is 0. The lowest BCUT2D eigenvalue weighted by Crippen LogP contribution is -2.43. The number of benzene rings is 1. The van der Waals surface area contributed by atoms with Crippen molar-refractivity contribution in [1.29, 1.82) is 0 Å². The summed E-state index contributed by atoms with van der Waals surface area (Å²) in [6.45, 7) is 13.6. The Morgan fingerprint density at radius 1 is 0.947 bits per heavy atom. The van der Waals surface area contributed by atoms with Crippen LogP contribution in [0.3, 0.4) is 0 Å². The van der Waals surface area contributed by atoms with Gasteiger partial charge in [-0.25, -0.2) is 0 Å². The fourth-order valence-electron chi connectivity index (χ4n) is 2.88. The first-order chi connectivity index (χ1) is 8.60. The smallest absolute Gasteiger partial charge is 0.0440 e. The molecule has 2 rings (SSSR count). The fraction of sp³-hybridized carbons (Fsp3) is 0.667. The molecule has 0 unspecified atom stereocenters. The number of nitrogens with one attached hydrogen (secondary N) is 1. The van der Waals surface area contributed by atoms with Gasteiger partial charge in [-0.2, -0.15) is 0 Å². The molecule has 0 heterocycles. The van der Waals surface area contributed by atoms with E-state index in [9.17, 15) is 0 Å². The molecule has 1 saturated carbocycles. The first-order valence-electron chi connectivity index (χ1n) is 7.49. The van der Waals surface area contributed by atoms with Crippen molar-refractivity contribution in [2.45, 2.75) is 71.9 Å². The monoisotopic (exact) mass is 259 g/mol. The molecule has 1 fully saturated rings. The first kappa shape index (κ1) is 14.6. The van der Waals surface area contributed by atoms with Crippen LogP contribution in [0, 0.1) is 5.41 Å². The standard InChI is InChI=1S/C18H29N/c1-16(2,3)13-14-7-9-15(10-8-14)18(11-12-18)19-17(4,5)6/h7-10,19H,11-13H2,1-6H3. The molecule has 0 bridgehead atoms. The second kappa shape index (κ2) is 4.63. The normalized spacial score (nSPS) is 18.4. The molecule has 1 aliphatic rings. The molecule has 1 nitrogen and oxygen atoms in total. The van der Waals surface area contributed by atoms with Gasteiger partial charge in [0, 0.05) is 11.1 Å². The molecule has 0 aliphatic heterocycles. The number of hydrogen-bond acceptors (Lipinski definition) is 1. The fourth-order valence-corrected chi connectivity index (χ4v) is 2.88. The van der Waals surface area contributed by atoms with Crippen LogP contribution in [-0.2, 0) is 12.0 Å². The van der Waals surface area contributed by atoms with Crippen molar-refractivity contribution in [3.8, 4) is 0 Å². The van der Waals surface area contributed by atoms with Crippen LogP contribution in [0.5, 0.6) is 0 Å². The minimum Gasteiger partial charge on any atom is -0.303 e. The third kappa shape index (κ3) is 4.07. The van der Waals surface area contributed by atoms with Crippen molar-refractivity contribution < 1.29 is 0 Å². The molecule has 1 aromatic carbocycles. The van der Waals surface area contributed by atoms with Gasteiger partial charge in [-0.05, 0) is 56.6 Å². The molecule has 1 aliphatic carbocycles. The molecule has 0 atom stereocenters. The van der Waals surface area contributed by atoms with E-state index in [4.69, 9.17) is 0 Å². The van der Waals surface area contributed by atoms with Gasteiger partial charge in [-0.15, -0.1) is 0 Å². The van der Waals surface area contributed by atoms with E-state index in [1.54, 1.807) is 0 Å². The summed E-state index contributed by atoms with van der Waals surface area (Å²) in [6.07, 6.45) is 3.68. The summed E-state index contributed by atoms with van der Waals surface area (Å²) in [4.78, 5) is 0. The third-order valence-electron chi connectivity index (χ3n) is 3.61. The van der Waals surface area contributed by atoms with Crippen molar-refractivity contribution in [3.05, 3.63) is 35.4 Å². The zero-order valence-corrected chi connectivity index (χ0v) is 13.4. The van der Waals surface area contributed by atoms with Crippen LogP contribution in [0.25, 0.3) is 0 Å². The van der Waals surface area contributed by atoms with Crippen LogP contribution >= 0.6 is 0 Å². The predicted molar refractivity (Wildman–Crippen MR) is 83.4 cm³/mol. The van der Waals surface area contributed by atoms with Gasteiger partial charge >= 0.3 is 0 Å². The van der Waals surface area contributed by atoms with Crippen molar-refractivity contribution >= 4 is 0 Å². The highest BCUT2D eigenvalue weighted by atomic mass is 15.1. The summed E-state index contributed by atoms with van der Waals surface area (Å²) >= 11 is 0. The first-order valence-corrected chi connectivity index (χ1v) is 7.49. The van der Waals surface area contributed by atoms with Gasteiger partial charge in [0.25, 0.3) is 0 Å². The van der Waals surface area contributed by atoms with E-state index in [0.717, 1.165) is 6.42 Å². The molecule has 106 valence electrons. The highest BCUT2D eigenvalue weighted by Crippen LogP contribution is 2.46. The maximum absolute atomic E-state index is 3.79. The maximum Gasteiger partial charge on any atom is 0.0440 e. The van der Waals surface area contributed by atoms with E-state index >= 15 is 0 Å². The second-order valence-corrected chi connectivity index (χ2v) is 8.39. The lowest BCUT2D eigenvalue weighted by Gasteiger charge is -2.29. The second-order valence-electron chi connectivity index (χ2n) is 8.39. The molecule has 0 aromatic heterocycles. The lowest BCUT2D eigenvalue weighted by molar-refractivity contribution is 0.348. The zero-order valence-electron chi connectivity index (χ0n) is 13.4. The van der Waals surface area contributed by atoms with Gasteiger partial charge in [-0.3, -0.25) is 0 Å². The summed E-state index contributed by atoms with van der Waals surface area (Å²) in [6, 6.07) is 9.27. The largest absolute Gasteiger partial charge is 0.303 e. The van der Waals surface area contributed by atoms with Crippen LogP contribution in [0.15, 0.2) is 24.3 Å². The Morgan fingerprint density at radius 3 is 1.84 bits per heavy atom. The average molecular weight is 259 g/mol. The van der Waals surface area contributed by atoms with Crippen molar-refractivity contribution in [2.75, 3.05) is 0 Å². The molecule has 0 radical (unpaired) electrons. The Kier molecular flexibility index (Phi) is 3.55. The van der Waals surface area contributed by atoms with Crippen molar-refractivity contribution in [1.82, 2.24) is 5.32 Å². The molecule has 0 spiro atoms. The number of hydrogen-bond donors (Lipinski definition) is 1. The van der Waals surface area contributed by atoms with E-state index < -0.39 is 0 Å². The molecule has 0 amide bonds. The van der Waals surface area contributed by atoms with Crippen LogP contribution < -0.4 is 5.32 Å². The topological polar surface area (TPSA) is 12.0 Å². The van der Waals surface area contributed by atoms with Gasteiger partial charge in [0.15, 0.2) is 0 Å². The number of rotatable bonds is 3. The summed E-state index contributed by atoms with van der Waals surface area (Å²) in [5.41, 5.74) is 3.70. The van der Waals surface area contributed by atoms with Crippen LogP contribution in [0.2, 0.25) is 0 Å².